The van der Waals surface area contributed by atoms with Gasteiger partial charge in [0.15, 0.2) is 0 Å². The van der Waals surface area contributed by atoms with E-state index in [9.17, 15) is 14.0 Å². The van der Waals surface area contributed by atoms with E-state index in [1.165, 1.54) is 17.0 Å². The molecule has 2 amide bonds. The Labute approximate surface area is 140 Å². The number of benzene rings is 1. The van der Waals surface area contributed by atoms with Crippen molar-refractivity contribution in [2.75, 3.05) is 32.5 Å². The smallest absolute Gasteiger partial charge is 0.313 e. The van der Waals surface area contributed by atoms with Crippen LogP contribution in [0.3, 0.4) is 0 Å². The molecule has 0 aliphatic carbocycles. The van der Waals surface area contributed by atoms with Crippen LogP contribution in [0.5, 0.6) is 0 Å². The highest BCUT2D eigenvalue weighted by atomic mass is 35.5. The standard InChI is InChI=1S/C16H21ClFN3O2/c1-10-9-20(2)7-6-14(10)21(3)16(23)15(22)19-13-5-4-11(18)8-12(13)17/h4-5,8,10,14H,6-7,9H2,1-3H3,(H,19,22)/t10-,14+/m1/s1. The lowest BCUT2D eigenvalue weighted by Crippen LogP contribution is -2.52. The lowest BCUT2D eigenvalue weighted by atomic mass is 9.93. The summed E-state index contributed by atoms with van der Waals surface area (Å²) in [7, 11) is 3.68. The first kappa shape index (κ1) is 17.7. The molecule has 23 heavy (non-hydrogen) atoms. The number of carbonyl (C=O) groups is 2. The van der Waals surface area contributed by atoms with Crippen LogP contribution in [0.4, 0.5) is 10.1 Å². The molecule has 0 unspecified atom stereocenters. The van der Waals surface area contributed by atoms with Gasteiger partial charge >= 0.3 is 11.8 Å². The molecule has 1 saturated heterocycles. The third-order valence-corrected chi connectivity index (χ3v) is 4.57. The van der Waals surface area contributed by atoms with E-state index in [4.69, 9.17) is 11.6 Å². The van der Waals surface area contributed by atoms with Crippen LogP contribution >= 0.6 is 11.6 Å². The monoisotopic (exact) mass is 341 g/mol. The van der Waals surface area contributed by atoms with E-state index >= 15 is 0 Å². The Bertz CT molecular complexity index is 611. The minimum atomic E-state index is -0.771. The molecule has 1 N–H and O–H groups in total. The maximum atomic E-state index is 13.0. The summed E-state index contributed by atoms with van der Waals surface area (Å²) < 4.78 is 13.0. The topological polar surface area (TPSA) is 52.7 Å². The van der Waals surface area contributed by atoms with Gasteiger partial charge in [-0.2, -0.15) is 0 Å². The molecule has 7 heteroatoms. The van der Waals surface area contributed by atoms with E-state index in [0.717, 1.165) is 25.6 Å². The molecule has 5 nitrogen and oxygen atoms in total. The summed E-state index contributed by atoms with van der Waals surface area (Å²) >= 11 is 5.86. The van der Waals surface area contributed by atoms with Crippen molar-refractivity contribution >= 4 is 29.1 Å². The van der Waals surface area contributed by atoms with Crippen LogP contribution in [0.25, 0.3) is 0 Å². The predicted molar refractivity (Wildman–Crippen MR) is 87.9 cm³/mol. The zero-order chi connectivity index (χ0) is 17.1. The Balaban J connectivity index is 2.02. The average molecular weight is 342 g/mol. The Morgan fingerprint density at radius 3 is 2.74 bits per heavy atom. The molecule has 1 heterocycles. The van der Waals surface area contributed by atoms with E-state index in [-0.39, 0.29) is 22.7 Å². The number of carbonyl (C=O) groups excluding carboxylic acids is 2. The maximum absolute atomic E-state index is 13.0. The van der Waals surface area contributed by atoms with Crippen LogP contribution in [-0.4, -0.2) is 54.8 Å². The fourth-order valence-electron chi connectivity index (χ4n) is 2.99. The highest BCUT2D eigenvalue weighted by Crippen LogP contribution is 2.23. The Morgan fingerprint density at radius 2 is 2.13 bits per heavy atom. The number of anilines is 1. The van der Waals surface area contributed by atoms with Crippen molar-refractivity contribution in [3.8, 4) is 0 Å². The summed E-state index contributed by atoms with van der Waals surface area (Å²) in [5.74, 6) is -1.61. The van der Waals surface area contributed by atoms with Gasteiger partial charge in [0.1, 0.15) is 5.82 Å². The lowest BCUT2D eigenvalue weighted by Gasteiger charge is -2.39. The summed E-state index contributed by atoms with van der Waals surface area (Å²) in [6.07, 6.45) is 0.824. The first-order valence-corrected chi connectivity index (χ1v) is 7.89. The summed E-state index contributed by atoms with van der Waals surface area (Å²) in [6.45, 7) is 3.84. The molecule has 126 valence electrons. The van der Waals surface area contributed by atoms with Crippen molar-refractivity contribution in [3.63, 3.8) is 0 Å². The fourth-order valence-corrected chi connectivity index (χ4v) is 3.21. The quantitative estimate of drug-likeness (QED) is 0.839. The molecule has 1 aliphatic rings. The molecular weight excluding hydrogens is 321 g/mol. The number of piperidine rings is 1. The van der Waals surface area contributed by atoms with Crippen molar-refractivity contribution in [1.82, 2.24) is 9.80 Å². The maximum Gasteiger partial charge on any atom is 0.313 e. The zero-order valence-electron chi connectivity index (χ0n) is 13.5. The number of likely N-dealkylation sites (tertiary alicyclic amines) is 1. The largest absolute Gasteiger partial charge is 0.334 e. The number of amides is 2. The van der Waals surface area contributed by atoms with Crippen LogP contribution in [0, 0.1) is 11.7 Å². The number of hydrogen-bond acceptors (Lipinski definition) is 3. The second-order valence-corrected chi connectivity index (χ2v) is 6.50. The van der Waals surface area contributed by atoms with Crippen molar-refractivity contribution in [2.24, 2.45) is 5.92 Å². The summed E-state index contributed by atoms with van der Waals surface area (Å²) in [5, 5.41) is 2.50. The summed E-state index contributed by atoms with van der Waals surface area (Å²) in [4.78, 5) is 28.2. The van der Waals surface area contributed by atoms with E-state index < -0.39 is 17.6 Å². The molecule has 0 saturated carbocycles. The van der Waals surface area contributed by atoms with Gasteiger partial charge in [-0.05, 0) is 44.1 Å². The molecule has 1 fully saturated rings. The lowest BCUT2D eigenvalue weighted by molar-refractivity contribution is -0.145. The van der Waals surface area contributed by atoms with Crippen LogP contribution in [0.15, 0.2) is 18.2 Å². The number of nitrogens with zero attached hydrogens (tertiary/aromatic N) is 2. The van der Waals surface area contributed by atoms with Gasteiger partial charge in [-0.3, -0.25) is 9.59 Å². The van der Waals surface area contributed by atoms with Gasteiger partial charge in [0, 0.05) is 19.6 Å². The van der Waals surface area contributed by atoms with Gasteiger partial charge in [0.05, 0.1) is 10.7 Å². The number of likely N-dealkylation sites (N-methyl/N-ethyl adjacent to an activating group) is 1. The van der Waals surface area contributed by atoms with Gasteiger partial charge in [0.2, 0.25) is 0 Å². The molecule has 2 rings (SSSR count). The Hall–Kier alpha value is -1.66. The number of nitrogens with one attached hydrogen (secondary N) is 1. The van der Waals surface area contributed by atoms with Crippen LogP contribution in [0.2, 0.25) is 5.02 Å². The molecule has 1 aromatic carbocycles. The molecule has 1 aromatic rings. The van der Waals surface area contributed by atoms with Gasteiger partial charge < -0.3 is 15.1 Å². The van der Waals surface area contributed by atoms with Gasteiger partial charge in [-0.25, -0.2) is 4.39 Å². The predicted octanol–water partition coefficient (Wildman–Crippen LogP) is 2.22. The second-order valence-electron chi connectivity index (χ2n) is 6.09. The van der Waals surface area contributed by atoms with E-state index in [2.05, 4.69) is 17.1 Å². The van der Waals surface area contributed by atoms with Crippen molar-refractivity contribution < 1.29 is 14.0 Å². The van der Waals surface area contributed by atoms with Crippen LogP contribution in [-0.2, 0) is 9.59 Å². The van der Waals surface area contributed by atoms with Crippen molar-refractivity contribution in [2.45, 2.75) is 19.4 Å². The van der Waals surface area contributed by atoms with Gasteiger partial charge in [-0.15, -0.1) is 0 Å². The number of hydrogen-bond donors (Lipinski definition) is 1. The fraction of sp³-hybridized carbons (Fsp3) is 0.500. The molecule has 2 atom stereocenters. The number of rotatable bonds is 2. The average Bonchev–Trinajstić information content (AvgIpc) is 2.48. The highest BCUT2D eigenvalue weighted by molar-refractivity contribution is 6.41. The molecule has 1 aliphatic heterocycles. The van der Waals surface area contributed by atoms with Crippen molar-refractivity contribution in [1.29, 1.82) is 0 Å². The minimum Gasteiger partial charge on any atom is -0.334 e. The van der Waals surface area contributed by atoms with Crippen molar-refractivity contribution in [3.05, 3.63) is 29.0 Å². The molecule has 0 aromatic heterocycles. The molecular formula is C16H21ClFN3O2. The van der Waals surface area contributed by atoms with Gasteiger partial charge in [0.25, 0.3) is 0 Å². The van der Waals surface area contributed by atoms with Crippen LogP contribution in [0.1, 0.15) is 13.3 Å². The second kappa shape index (κ2) is 7.27. The normalized spacial score (nSPS) is 21.8. The Kier molecular flexibility index (Phi) is 5.59. The summed E-state index contributed by atoms with van der Waals surface area (Å²) in [5.41, 5.74) is 0.219. The highest BCUT2D eigenvalue weighted by Gasteiger charge is 2.32. The number of halogens is 2. The first-order valence-electron chi connectivity index (χ1n) is 7.51. The van der Waals surface area contributed by atoms with Crippen LogP contribution < -0.4 is 5.32 Å². The zero-order valence-corrected chi connectivity index (χ0v) is 14.2. The summed E-state index contributed by atoms with van der Waals surface area (Å²) in [6, 6.07) is 3.62. The third kappa shape index (κ3) is 4.20. The molecule has 0 bridgehead atoms. The van der Waals surface area contributed by atoms with E-state index in [1.54, 1.807) is 7.05 Å². The first-order chi connectivity index (χ1) is 10.8. The third-order valence-electron chi connectivity index (χ3n) is 4.25. The van der Waals surface area contributed by atoms with E-state index in [0.29, 0.717) is 0 Å². The molecule has 0 radical (unpaired) electrons. The van der Waals surface area contributed by atoms with Gasteiger partial charge in [-0.1, -0.05) is 18.5 Å². The Morgan fingerprint density at radius 1 is 1.43 bits per heavy atom. The SMILES string of the molecule is C[C@@H]1CN(C)CC[C@@H]1N(C)C(=O)C(=O)Nc1ccc(F)cc1Cl. The minimum absolute atomic E-state index is 0.0214. The molecule has 0 spiro atoms. The van der Waals surface area contributed by atoms with E-state index in [1.807, 2.05) is 7.05 Å².